The lowest BCUT2D eigenvalue weighted by atomic mass is 10.0. The second-order valence-corrected chi connectivity index (χ2v) is 5.45. The zero-order valence-electron chi connectivity index (χ0n) is 11.5. The van der Waals surface area contributed by atoms with Crippen molar-refractivity contribution in [3.63, 3.8) is 0 Å². The van der Waals surface area contributed by atoms with E-state index < -0.39 is 11.9 Å². The molecule has 1 aliphatic rings. The summed E-state index contributed by atoms with van der Waals surface area (Å²) in [6, 6.07) is 0. The van der Waals surface area contributed by atoms with E-state index in [0.717, 1.165) is 12.8 Å². The van der Waals surface area contributed by atoms with Gasteiger partial charge in [-0.3, -0.25) is 4.79 Å². The number of rotatable bonds is 6. The van der Waals surface area contributed by atoms with Crippen molar-refractivity contribution in [2.75, 3.05) is 7.11 Å². The Kier molecular flexibility index (Phi) is 4.54. The van der Waals surface area contributed by atoms with Crippen molar-refractivity contribution in [3.8, 4) is 0 Å². The number of hydrogen-bond acceptors (Lipinski definition) is 3. The molecule has 0 aromatic heterocycles. The van der Waals surface area contributed by atoms with Crippen LogP contribution in [-0.4, -0.2) is 24.2 Å². The molecule has 1 N–H and O–H groups in total. The first-order valence-electron chi connectivity index (χ1n) is 6.38. The van der Waals surface area contributed by atoms with Gasteiger partial charge in [0.1, 0.15) is 0 Å². The third-order valence-electron chi connectivity index (χ3n) is 3.80. The second-order valence-electron chi connectivity index (χ2n) is 5.45. The third kappa shape index (κ3) is 2.92. The van der Waals surface area contributed by atoms with Crippen molar-refractivity contribution in [2.45, 2.75) is 40.0 Å². The lowest BCUT2D eigenvalue weighted by Crippen LogP contribution is -2.06. The predicted molar refractivity (Wildman–Crippen MR) is 68.0 cm³/mol. The molecular weight excluding hydrogens is 232 g/mol. The van der Waals surface area contributed by atoms with Crippen molar-refractivity contribution in [1.82, 2.24) is 0 Å². The van der Waals surface area contributed by atoms with Crippen molar-refractivity contribution in [2.24, 2.45) is 17.3 Å². The highest BCUT2D eigenvalue weighted by Gasteiger charge is 2.61. The van der Waals surface area contributed by atoms with Crippen molar-refractivity contribution in [1.29, 1.82) is 0 Å². The fraction of sp³-hybridized carbons (Fsp3) is 0.714. The Labute approximate surface area is 108 Å². The highest BCUT2D eigenvalue weighted by Crippen LogP contribution is 2.59. The summed E-state index contributed by atoms with van der Waals surface area (Å²) in [5, 5.41) is 9.10. The fourth-order valence-electron chi connectivity index (χ4n) is 2.43. The number of carboxylic acids is 1. The van der Waals surface area contributed by atoms with Crippen LogP contribution >= 0.6 is 0 Å². The van der Waals surface area contributed by atoms with Gasteiger partial charge in [0.2, 0.25) is 0 Å². The molecule has 0 aromatic rings. The molecule has 0 bridgehead atoms. The molecule has 18 heavy (non-hydrogen) atoms. The minimum absolute atomic E-state index is 0.0686. The normalized spacial score (nSPS) is 25.7. The van der Waals surface area contributed by atoms with Gasteiger partial charge in [-0.15, -0.1) is 0 Å². The first kappa shape index (κ1) is 14.7. The number of carbonyl (C=O) groups excluding carboxylic acids is 1. The molecule has 0 spiro atoms. The van der Waals surface area contributed by atoms with Gasteiger partial charge in [0.15, 0.2) is 0 Å². The SMILES string of the molecule is CCCC/C(=C\[C@H]1[C@@H](C(=O)O)C1(C)C)C(=O)OC. The van der Waals surface area contributed by atoms with E-state index in [1.807, 2.05) is 13.8 Å². The first-order valence-corrected chi connectivity index (χ1v) is 6.38. The molecule has 1 saturated carbocycles. The number of esters is 1. The molecule has 102 valence electrons. The number of unbranched alkanes of at least 4 members (excludes halogenated alkanes) is 1. The number of carbonyl (C=O) groups is 2. The molecule has 4 heteroatoms. The molecule has 2 atom stereocenters. The van der Waals surface area contributed by atoms with E-state index in [1.165, 1.54) is 7.11 Å². The number of ether oxygens (including phenoxy) is 1. The Bertz CT molecular complexity index is 368. The Morgan fingerprint density at radius 3 is 2.39 bits per heavy atom. The van der Waals surface area contributed by atoms with Crippen LogP contribution in [0.3, 0.4) is 0 Å². The maximum Gasteiger partial charge on any atom is 0.333 e. The van der Waals surface area contributed by atoms with E-state index in [2.05, 4.69) is 6.92 Å². The van der Waals surface area contributed by atoms with Gasteiger partial charge in [-0.25, -0.2) is 4.79 Å². The van der Waals surface area contributed by atoms with Crippen LogP contribution < -0.4 is 0 Å². The first-order chi connectivity index (χ1) is 8.36. The molecule has 0 aromatic carbocycles. The number of methoxy groups -OCH3 is 1. The molecule has 0 radical (unpaired) electrons. The Balaban J connectivity index is 2.83. The quantitative estimate of drug-likeness (QED) is 0.584. The third-order valence-corrected chi connectivity index (χ3v) is 3.80. The molecule has 4 nitrogen and oxygen atoms in total. The zero-order chi connectivity index (χ0) is 13.9. The minimum atomic E-state index is -0.791. The molecule has 0 aliphatic heterocycles. The van der Waals surface area contributed by atoms with Crippen LogP contribution in [-0.2, 0) is 14.3 Å². The van der Waals surface area contributed by atoms with Crippen LogP contribution in [0.4, 0.5) is 0 Å². The Morgan fingerprint density at radius 2 is 2.00 bits per heavy atom. The molecule has 1 rings (SSSR count). The van der Waals surface area contributed by atoms with Crippen molar-refractivity contribution < 1.29 is 19.4 Å². The van der Waals surface area contributed by atoms with E-state index in [-0.39, 0.29) is 17.3 Å². The van der Waals surface area contributed by atoms with Gasteiger partial charge < -0.3 is 9.84 Å². The lowest BCUT2D eigenvalue weighted by Gasteiger charge is -2.05. The molecule has 0 saturated heterocycles. The minimum Gasteiger partial charge on any atom is -0.481 e. The van der Waals surface area contributed by atoms with Crippen LogP contribution in [0, 0.1) is 17.3 Å². The van der Waals surface area contributed by atoms with Crippen LogP contribution in [0.5, 0.6) is 0 Å². The molecular formula is C14H22O4. The van der Waals surface area contributed by atoms with E-state index in [4.69, 9.17) is 9.84 Å². The summed E-state index contributed by atoms with van der Waals surface area (Å²) in [5.41, 5.74) is 0.346. The number of allylic oxidation sites excluding steroid dienone is 1. The summed E-state index contributed by atoms with van der Waals surface area (Å²) in [5.74, 6) is -1.59. The standard InChI is InChI=1S/C14H22O4/c1-5-6-7-9(13(17)18-4)8-10-11(12(15)16)14(10,2)3/h8,10-11H,5-7H2,1-4H3,(H,15,16)/b9-8+/t10-,11-/m0/s1. The maximum absolute atomic E-state index is 11.6. The smallest absolute Gasteiger partial charge is 0.333 e. The van der Waals surface area contributed by atoms with Crippen LogP contribution in [0.25, 0.3) is 0 Å². The average Bonchev–Trinajstić information content (AvgIpc) is 2.85. The summed E-state index contributed by atoms with van der Waals surface area (Å²) in [7, 11) is 1.36. The summed E-state index contributed by atoms with van der Waals surface area (Å²) in [6.07, 6.45) is 4.36. The molecule has 0 amide bonds. The molecule has 1 fully saturated rings. The van der Waals surface area contributed by atoms with E-state index in [9.17, 15) is 9.59 Å². The molecule has 1 aliphatic carbocycles. The fourth-order valence-corrected chi connectivity index (χ4v) is 2.43. The van der Waals surface area contributed by atoms with Gasteiger partial charge in [0.25, 0.3) is 0 Å². The number of aliphatic carboxylic acids is 1. The Hall–Kier alpha value is -1.32. The van der Waals surface area contributed by atoms with Gasteiger partial charge in [-0.2, -0.15) is 0 Å². The van der Waals surface area contributed by atoms with Crippen LogP contribution in [0.15, 0.2) is 11.6 Å². The monoisotopic (exact) mass is 254 g/mol. The number of carboxylic acid groups (broad SMARTS) is 1. The summed E-state index contributed by atoms with van der Waals surface area (Å²) in [4.78, 5) is 22.7. The van der Waals surface area contributed by atoms with Gasteiger partial charge in [-0.1, -0.05) is 33.3 Å². The van der Waals surface area contributed by atoms with E-state index in [1.54, 1.807) is 6.08 Å². The van der Waals surface area contributed by atoms with Gasteiger partial charge >= 0.3 is 11.9 Å². The maximum atomic E-state index is 11.6. The highest BCUT2D eigenvalue weighted by atomic mass is 16.5. The summed E-state index contributed by atoms with van der Waals surface area (Å²) >= 11 is 0. The molecule has 0 unspecified atom stereocenters. The Morgan fingerprint density at radius 1 is 1.39 bits per heavy atom. The number of hydrogen-bond donors (Lipinski definition) is 1. The van der Waals surface area contributed by atoms with Crippen LogP contribution in [0.1, 0.15) is 40.0 Å². The van der Waals surface area contributed by atoms with Gasteiger partial charge in [-0.05, 0) is 24.2 Å². The largest absolute Gasteiger partial charge is 0.481 e. The highest BCUT2D eigenvalue weighted by molar-refractivity contribution is 5.89. The average molecular weight is 254 g/mol. The van der Waals surface area contributed by atoms with E-state index >= 15 is 0 Å². The lowest BCUT2D eigenvalue weighted by molar-refractivity contribution is -0.139. The van der Waals surface area contributed by atoms with E-state index in [0.29, 0.717) is 12.0 Å². The second kappa shape index (κ2) is 5.55. The predicted octanol–water partition coefficient (Wildman–Crippen LogP) is 2.63. The summed E-state index contributed by atoms with van der Waals surface area (Å²) in [6.45, 7) is 5.89. The van der Waals surface area contributed by atoms with Crippen molar-refractivity contribution >= 4 is 11.9 Å². The topological polar surface area (TPSA) is 63.6 Å². The van der Waals surface area contributed by atoms with Crippen LogP contribution in [0.2, 0.25) is 0 Å². The zero-order valence-corrected chi connectivity index (χ0v) is 11.5. The van der Waals surface area contributed by atoms with Crippen molar-refractivity contribution in [3.05, 3.63) is 11.6 Å². The van der Waals surface area contributed by atoms with Gasteiger partial charge in [0.05, 0.1) is 13.0 Å². The summed E-state index contributed by atoms with van der Waals surface area (Å²) < 4.78 is 4.75. The van der Waals surface area contributed by atoms with Gasteiger partial charge in [0, 0.05) is 5.57 Å². The molecule has 0 heterocycles.